The first-order valence-electron chi connectivity index (χ1n) is 6.74. The number of benzene rings is 1. The third kappa shape index (κ3) is 2.83. The van der Waals surface area contributed by atoms with Crippen molar-refractivity contribution in [2.24, 2.45) is 0 Å². The highest BCUT2D eigenvalue weighted by Crippen LogP contribution is 2.39. The summed E-state index contributed by atoms with van der Waals surface area (Å²) < 4.78 is 0. The van der Waals surface area contributed by atoms with Gasteiger partial charge < -0.3 is 10.0 Å². The van der Waals surface area contributed by atoms with Gasteiger partial charge in [0.15, 0.2) is 0 Å². The summed E-state index contributed by atoms with van der Waals surface area (Å²) in [5.41, 5.74) is 2.77. The van der Waals surface area contributed by atoms with Crippen molar-refractivity contribution in [3.63, 3.8) is 0 Å². The number of anilines is 1. The van der Waals surface area contributed by atoms with Gasteiger partial charge in [0, 0.05) is 30.3 Å². The second-order valence-corrected chi connectivity index (χ2v) is 6.39. The van der Waals surface area contributed by atoms with Crippen LogP contribution in [-0.4, -0.2) is 30.6 Å². The lowest BCUT2D eigenvalue weighted by Crippen LogP contribution is -2.36. The monoisotopic (exact) mass is 265 g/mol. The van der Waals surface area contributed by atoms with Crippen LogP contribution in [0.25, 0.3) is 0 Å². The maximum absolute atomic E-state index is 8.95. The van der Waals surface area contributed by atoms with Crippen LogP contribution in [0.4, 0.5) is 5.69 Å². The number of thioether (sulfide) groups is 1. The molecule has 1 aromatic carbocycles. The molecule has 0 fully saturated rings. The molecule has 0 radical (unpaired) electrons. The smallest absolute Gasteiger partial charge is 0.0504 e. The lowest BCUT2D eigenvalue weighted by molar-refractivity contribution is 0.280. The van der Waals surface area contributed by atoms with Gasteiger partial charge in [-0.1, -0.05) is 19.9 Å². The Morgan fingerprint density at radius 2 is 2.22 bits per heavy atom. The lowest BCUT2D eigenvalue weighted by atomic mass is 10.0. The molecule has 0 saturated heterocycles. The van der Waals surface area contributed by atoms with Crippen LogP contribution in [-0.2, 0) is 0 Å². The van der Waals surface area contributed by atoms with E-state index in [4.69, 9.17) is 5.11 Å². The summed E-state index contributed by atoms with van der Waals surface area (Å²) >= 11 is 1.96. The third-order valence-corrected chi connectivity index (χ3v) is 4.89. The quantitative estimate of drug-likeness (QED) is 0.901. The minimum Gasteiger partial charge on any atom is -0.396 e. The van der Waals surface area contributed by atoms with E-state index in [1.807, 2.05) is 11.8 Å². The fourth-order valence-corrected chi connectivity index (χ4v) is 3.74. The molecule has 3 heteroatoms. The fourth-order valence-electron chi connectivity index (χ4n) is 2.40. The van der Waals surface area contributed by atoms with E-state index in [9.17, 15) is 0 Å². The molecule has 1 aliphatic heterocycles. The highest BCUT2D eigenvalue weighted by molar-refractivity contribution is 7.99. The standard InChI is InChI=1S/C15H23NOS/c1-11(2)12-6-7-14-15(9-12)18-10-13(16(14)3)5-4-8-17/h6-7,9,11,13,17H,4-5,8,10H2,1-3H3. The van der Waals surface area contributed by atoms with Crippen LogP contribution < -0.4 is 4.90 Å². The number of nitrogens with zero attached hydrogens (tertiary/aromatic N) is 1. The highest BCUT2D eigenvalue weighted by Gasteiger charge is 2.23. The average Bonchev–Trinajstić information content (AvgIpc) is 2.37. The predicted molar refractivity (Wildman–Crippen MR) is 79.8 cm³/mol. The average molecular weight is 265 g/mol. The van der Waals surface area contributed by atoms with E-state index < -0.39 is 0 Å². The molecule has 0 spiro atoms. The number of aliphatic hydroxyl groups excluding tert-OH is 1. The molecule has 1 aromatic rings. The Labute approximate surface area is 114 Å². The largest absolute Gasteiger partial charge is 0.396 e. The zero-order chi connectivity index (χ0) is 13.1. The number of hydrogen-bond acceptors (Lipinski definition) is 3. The van der Waals surface area contributed by atoms with Crippen LogP contribution in [0.5, 0.6) is 0 Å². The number of rotatable bonds is 4. The Morgan fingerprint density at radius 3 is 2.89 bits per heavy atom. The van der Waals surface area contributed by atoms with E-state index in [2.05, 4.69) is 44.0 Å². The normalized spacial score (nSPS) is 19.2. The summed E-state index contributed by atoms with van der Waals surface area (Å²) in [6, 6.07) is 7.39. The first-order valence-corrected chi connectivity index (χ1v) is 7.72. The number of aliphatic hydroxyl groups is 1. The molecule has 2 rings (SSSR count). The van der Waals surface area contributed by atoms with E-state index in [0.29, 0.717) is 18.6 Å². The van der Waals surface area contributed by atoms with E-state index in [1.165, 1.54) is 16.1 Å². The molecule has 18 heavy (non-hydrogen) atoms. The maximum atomic E-state index is 8.95. The van der Waals surface area contributed by atoms with E-state index in [-0.39, 0.29) is 0 Å². The number of fused-ring (bicyclic) bond motifs is 1. The fraction of sp³-hybridized carbons (Fsp3) is 0.600. The molecule has 0 bridgehead atoms. The second kappa shape index (κ2) is 5.98. The summed E-state index contributed by atoms with van der Waals surface area (Å²) in [6.45, 7) is 4.78. The Balaban J connectivity index is 2.17. The molecule has 0 amide bonds. The third-order valence-electron chi connectivity index (χ3n) is 3.70. The Hall–Kier alpha value is -0.670. The summed E-state index contributed by atoms with van der Waals surface area (Å²) in [4.78, 5) is 3.79. The summed E-state index contributed by atoms with van der Waals surface area (Å²) in [7, 11) is 2.18. The van der Waals surface area contributed by atoms with Gasteiger partial charge in [0.05, 0.1) is 5.69 Å². The Bertz CT molecular complexity index is 405. The van der Waals surface area contributed by atoms with Crippen molar-refractivity contribution < 1.29 is 5.11 Å². The zero-order valence-corrected chi connectivity index (χ0v) is 12.3. The molecular weight excluding hydrogens is 242 g/mol. The van der Waals surface area contributed by atoms with Gasteiger partial charge >= 0.3 is 0 Å². The van der Waals surface area contributed by atoms with Crippen molar-refractivity contribution in [3.8, 4) is 0 Å². The van der Waals surface area contributed by atoms with Crippen molar-refractivity contribution in [2.45, 2.75) is 43.5 Å². The van der Waals surface area contributed by atoms with Crippen LogP contribution in [0.3, 0.4) is 0 Å². The zero-order valence-electron chi connectivity index (χ0n) is 11.5. The lowest BCUT2D eigenvalue weighted by Gasteiger charge is -2.36. The predicted octanol–water partition coefficient (Wildman–Crippen LogP) is 3.49. The molecule has 100 valence electrons. The summed E-state index contributed by atoms with van der Waals surface area (Å²) in [6.07, 6.45) is 1.97. The summed E-state index contributed by atoms with van der Waals surface area (Å²) in [5.74, 6) is 1.72. The Kier molecular flexibility index (Phi) is 4.57. The topological polar surface area (TPSA) is 23.5 Å². The first kappa shape index (κ1) is 13.8. The molecule has 1 heterocycles. The van der Waals surface area contributed by atoms with Gasteiger partial charge in [0.25, 0.3) is 0 Å². The van der Waals surface area contributed by atoms with Crippen molar-refractivity contribution in [1.29, 1.82) is 0 Å². The van der Waals surface area contributed by atoms with Gasteiger partial charge in [-0.25, -0.2) is 0 Å². The van der Waals surface area contributed by atoms with Gasteiger partial charge in [0.1, 0.15) is 0 Å². The van der Waals surface area contributed by atoms with E-state index >= 15 is 0 Å². The van der Waals surface area contributed by atoms with Crippen LogP contribution >= 0.6 is 11.8 Å². The van der Waals surface area contributed by atoms with Crippen LogP contribution in [0, 0.1) is 0 Å². The maximum Gasteiger partial charge on any atom is 0.0504 e. The molecule has 1 aliphatic rings. The SMILES string of the molecule is CC(C)c1ccc2c(c1)SCC(CCCO)N2C. The van der Waals surface area contributed by atoms with Crippen LogP contribution in [0.15, 0.2) is 23.1 Å². The van der Waals surface area contributed by atoms with E-state index in [0.717, 1.165) is 18.6 Å². The molecule has 1 unspecified atom stereocenters. The van der Waals surface area contributed by atoms with Gasteiger partial charge in [-0.05, 0) is 36.5 Å². The highest BCUT2D eigenvalue weighted by atomic mass is 32.2. The molecular formula is C15H23NOS. The van der Waals surface area contributed by atoms with E-state index in [1.54, 1.807) is 0 Å². The van der Waals surface area contributed by atoms with Crippen LogP contribution in [0.2, 0.25) is 0 Å². The van der Waals surface area contributed by atoms with Crippen molar-refractivity contribution in [1.82, 2.24) is 0 Å². The van der Waals surface area contributed by atoms with Crippen molar-refractivity contribution in [3.05, 3.63) is 23.8 Å². The molecule has 2 nitrogen and oxygen atoms in total. The molecule has 1 N–H and O–H groups in total. The van der Waals surface area contributed by atoms with Crippen molar-refractivity contribution in [2.75, 3.05) is 24.3 Å². The minimum absolute atomic E-state index is 0.300. The van der Waals surface area contributed by atoms with Crippen LogP contribution in [0.1, 0.15) is 38.2 Å². The van der Waals surface area contributed by atoms with Gasteiger partial charge in [0.2, 0.25) is 0 Å². The van der Waals surface area contributed by atoms with Gasteiger partial charge in [-0.15, -0.1) is 11.8 Å². The molecule has 0 saturated carbocycles. The van der Waals surface area contributed by atoms with Crippen molar-refractivity contribution >= 4 is 17.4 Å². The molecule has 0 aliphatic carbocycles. The first-order chi connectivity index (χ1) is 8.63. The second-order valence-electron chi connectivity index (χ2n) is 5.32. The number of hydrogen-bond donors (Lipinski definition) is 1. The van der Waals surface area contributed by atoms with Gasteiger partial charge in [-0.2, -0.15) is 0 Å². The molecule has 1 atom stereocenters. The minimum atomic E-state index is 0.300. The Morgan fingerprint density at radius 1 is 1.44 bits per heavy atom. The summed E-state index contributed by atoms with van der Waals surface area (Å²) in [5, 5.41) is 8.95. The van der Waals surface area contributed by atoms with Gasteiger partial charge in [-0.3, -0.25) is 0 Å². The molecule has 0 aromatic heterocycles.